The van der Waals surface area contributed by atoms with Crippen molar-refractivity contribution in [2.24, 2.45) is 5.92 Å². The maximum atomic E-state index is 11.8. The molecule has 0 aliphatic rings. The smallest absolute Gasteiger partial charge is 0.306 e. The SMILES string of the molecule is CC(CCCC(C)C(=O)O)NC(=O)c1cncnc1. The van der Waals surface area contributed by atoms with Crippen LogP contribution in [0, 0.1) is 5.92 Å². The summed E-state index contributed by atoms with van der Waals surface area (Å²) in [6.45, 7) is 3.58. The Kier molecular flexibility index (Phi) is 5.92. The lowest BCUT2D eigenvalue weighted by Gasteiger charge is -2.14. The monoisotopic (exact) mass is 265 g/mol. The fraction of sp³-hybridized carbons (Fsp3) is 0.538. The molecule has 1 aromatic heterocycles. The molecule has 0 spiro atoms. The highest BCUT2D eigenvalue weighted by Gasteiger charge is 2.13. The topological polar surface area (TPSA) is 92.2 Å². The first-order valence-corrected chi connectivity index (χ1v) is 6.29. The number of nitrogens with zero attached hydrogens (tertiary/aromatic N) is 2. The fourth-order valence-electron chi connectivity index (χ4n) is 1.65. The Morgan fingerprint density at radius 2 is 1.89 bits per heavy atom. The molecule has 0 bridgehead atoms. The number of carbonyl (C=O) groups is 2. The highest BCUT2D eigenvalue weighted by Crippen LogP contribution is 2.09. The summed E-state index contributed by atoms with van der Waals surface area (Å²) >= 11 is 0. The van der Waals surface area contributed by atoms with Gasteiger partial charge in [-0.05, 0) is 19.8 Å². The molecule has 104 valence electrons. The number of hydrogen-bond acceptors (Lipinski definition) is 4. The Bertz CT molecular complexity index is 422. The van der Waals surface area contributed by atoms with E-state index in [4.69, 9.17) is 5.11 Å². The van der Waals surface area contributed by atoms with Crippen LogP contribution in [-0.4, -0.2) is 33.0 Å². The van der Waals surface area contributed by atoms with Gasteiger partial charge in [-0.15, -0.1) is 0 Å². The second-order valence-corrected chi connectivity index (χ2v) is 4.67. The zero-order chi connectivity index (χ0) is 14.3. The van der Waals surface area contributed by atoms with Crippen molar-refractivity contribution in [3.63, 3.8) is 0 Å². The molecule has 1 amide bonds. The van der Waals surface area contributed by atoms with Crippen molar-refractivity contribution in [2.45, 2.75) is 39.2 Å². The Morgan fingerprint density at radius 3 is 2.47 bits per heavy atom. The molecular formula is C13H19N3O3. The first-order chi connectivity index (χ1) is 9.00. The van der Waals surface area contributed by atoms with Crippen LogP contribution in [0.4, 0.5) is 0 Å². The maximum absolute atomic E-state index is 11.8. The predicted octanol–water partition coefficient (Wildman–Crippen LogP) is 1.49. The molecule has 0 saturated heterocycles. The summed E-state index contributed by atoms with van der Waals surface area (Å²) in [6, 6.07) is -0.00583. The molecule has 6 heteroatoms. The molecule has 0 aliphatic carbocycles. The van der Waals surface area contributed by atoms with Gasteiger partial charge >= 0.3 is 5.97 Å². The minimum atomic E-state index is -0.780. The van der Waals surface area contributed by atoms with Crippen LogP contribution in [0.3, 0.4) is 0 Å². The minimum Gasteiger partial charge on any atom is -0.481 e. The quantitative estimate of drug-likeness (QED) is 0.779. The second-order valence-electron chi connectivity index (χ2n) is 4.67. The van der Waals surface area contributed by atoms with E-state index in [2.05, 4.69) is 15.3 Å². The normalized spacial score (nSPS) is 13.6. The maximum Gasteiger partial charge on any atom is 0.306 e. The third kappa shape index (κ3) is 5.46. The van der Waals surface area contributed by atoms with Gasteiger partial charge in [0, 0.05) is 18.4 Å². The van der Waals surface area contributed by atoms with Crippen molar-refractivity contribution in [1.29, 1.82) is 0 Å². The number of hydrogen-bond donors (Lipinski definition) is 2. The van der Waals surface area contributed by atoms with Crippen LogP contribution in [0.2, 0.25) is 0 Å². The van der Waals surface area contributed by atoms with Crippen molar-refractivity contribution in [3.05, 3.63) is 24.3 Å². The van der Waals surface area contributed by atoms with E-state index in [-0.39, 0.29) is 17.9 Å². The molecule has 0 aliphatic heterocycles. The highest BCUT2D eigenvalue weighted by molar-refractivity contribution is 5.93. The summed E-state index contributed by atoms with van der Waals surface area (Å²) < 4.78 is 0. The van der Waals surface area contributed by atoms with Gasteiger partial charge in [0.2, 0.25) is 0 Å². The largest absolute Gasteiger partial charge is 0.481 e. The number of aliphatic carboxylic acids is 1. The third-order valence-corrected chi connectivity index (χ3v) is 2.90. The van der Waals surface area contributed by atoms with E-state index in [9.17, 15) is 9.59 Å². The van der Waals surface area contributed by atoms with E-state index < -0.39 is 5.97 Å². The number of amides is 1. The van der Waals surface area contributed by atoms with Gasteiger partial charge in [0.05, 0.1) is 11.5 Å². The number of carboxylic acids is 1. The van der Waals surface area contributed by atoms with Crippen LogP contribution in [0.25, 0.3) is 0 Å². The van der Waals surface area contributed by atoms with Crippen LogP contribution in [0.5, 0.6) is 0 Å². The predicted molar refractivity (Wildman–Crippen MR) is 69.6 cm³/mol. The Balaban J connectivity index is 2.30. The molecule has 0 radical (unpaired) electrons. The van der Waals surface area contributed by atoms with Gasteiger partial charge < -0.3 is 10.4 Å². The van der Waals surface area contributed by atoms with Crippen molar-refractivity contribution in [2.75, 3.05) is 0 Å². The standard InChI is InChI=1S/C13H19N3O3/c1-9(13(18)19)4-3-5-10(2)16-12(17)11-6-14-8-15-7-11/h6-10H,3-5H2,1-2H3,(H,16,17)(H,18,19). The first kappa shape index (κ1) is 15.1. The summed E-state index contributed by atoms with van der Waals surface area (Å²) in [5.74, 6) is -1.33. The summed E-state index contributed by atoms with van der Waals surface area (Å²) in [4.78, 5) is 30.0. The van der Waals surface area contributed by atoms with E-state index in [1.165, 1.54) is 18.7 Å². The van der Waals surface area contributed by atoms with Gasteiger partial charge in [0.25, 0.3) is 5.91 Å². The fourth-order valence-corrected chi connectivity index (χ4v) is 1.65. The van der Waals surface area contributed by atoms with Crippen LogP contribution in [0.1, 0.15) is 43.5 Å². The average molecular weight is 265 g/mol. The third-order valence-electron chi connectivity index (χ3n) is 2.90. The molecule has 0 saturated carbocycles. The number of carbonyl (C=O) groups excluding carboxylic acids is 1. The van der Waals surface area contributed by atoms with Crippen molar-refractivity contribution < 1.29 is 14.7 Å². The minimum absolute atomic E-state index is 0.00583. The van der Waals surface area contributed by atoms with E-state index in [1.54, 1.807) is 6.92 Å². The summed E-state index contributed by atoms with van der Waals surface area (Å²) in [7, 11) is 0. The molecule has 2 unspecified atom stereocenters. The number of carboxylic acid groups (broad SMARTS) is 1. The number of nitrogens with one attached hydrogen (secondary N) is 1. The average Bonchev–Trinajstić information content (AvgIpc) is 2.39. The number of rotatable bonds is 7. The van der Waals surface area contributed by atoms with Gasteiger partial charge in [-0.3, -0.25) is 9.59 Å². The van der Waals surface area contributed by atoms with Crippen LogP contribution in [0.15, 0.2) is 18.7 Å². The zero-order valence-corrected chi connectivity index (χ0v) is 11.2. The van der Waals surface area contributed by atoms with Crippen LogP contribution in [-0.2, 0) is 4.79 Å². The first-order valence-electron chi connectivity index (χ1n) is 6.29. The number of aromatic nitrogens is 2. The lowest BCUT2D eigenvalue weighted by Crippen LogP contribution is -2.32. The van der Waals surface area contributed by atoms with Gasteiger partial charge in [-0.25, -0.2) is 9.97 Å². The molecule has 2 N–H and O–H groups in total. The molecule has 1 heterocycles. The van der Waals surface area contributed by atoms with Crippen LogP contribution < -0.4 is 5.32 Å². The second kappa shape index (κ2) is 7.45. The molecule has 19 heavy (non-hydrogen) atoms. The Labute approximate surface area is 112 Å². The van der Waals surface area contributed by atoms with Crippen LogP contribution >= 0.6 is 0 Å². The lowest BCUT2D eigenvalue weighted by atomic mass is 10.0. The van der Waals surface area contributed by atoms with E-state index in [1.807, 2.05) is 6.92 Å². The Morgan fingerprint density at radius 1 is 1.26 bits per heavy atom. The summed E-state index contributed by atoms with van der Waals surface area (Å²) in [6.07, 6.45) is 6.41. The molecule has 6 nitrogen and oxygen atoms in total. The summed E-state index contributed by atoms with van der Waals surface area (Å²) in [5.41, 5.74) is 0.424. The molecule has 0 aromatic carbocycles. The van der Waals surface area contributed by atoms with Gasteiger partial charge in [0.15, 0.2) is 0 Å². The molecular weight excluding hydrogens is 246 g/mol. The molecule has 1 rings (SSSR count). The Hall–Kier alpha value is -1.98. The van der Waals surface area contributed by atoms with Gasteiger partial charge in [-0.1, -0.05) is 13.3 Å². The summed E-state index contributed by atoms with van der Waals surface area (Å²) in [5, 5.41) is 11.6. The van der Waals surface area contributed by atoms with E-state index in [0.29, 0.717) is 12.0 Å². The van der Waals surface area contributed by atoms with Gasteiger partial charge in [0.1, 0.15) is 6.33 Å². The zero-order valence-electron chi connectivity index (χ0n) is 11.2. The van der Waals surface area contributed by atoms with Crippen molar-refractivity contribution in [3.8, 4) is 0 Å². The molecule has 2 atom stereocenters. The van der Waals surface area contributed by atoms with E-state index in [0.717, 1.165) is 12.8 Å². The highest BCUT2D eigenvalue weighted by atomic mass is 16.4. The van der Waals surface area contributed by atoms with E-state index >= 15 is 0 Å². The lowest BCUT2D eigenvalue weighted by molar-refractivity contribution is -0.141. The molecule has 1 aromatic rings. The van der Waals surface area contributed by atoms with Crippen molar-refractivity contribution >= 4 is 11.9 Å². The van der Waals surface area contributed by atoms with Crippen molar-refractivity contribution in [1.82, 2.24) is 15.3 Å². The van der Waals surface area contributed by atoms with Gasteiger partial charge in [-0.2, -0.15) is 0 Å². The molecule has 0 fully saturated rings.